The lowest BCUT2D eigenvalue weighted by atomic mass is 9.50. The fourth-order valence-electron chi connectivity index (χ4n) is 6.16. The summed E-state index contributed by atoms with van der Waals surface area (Å²) in [5.41, 5.74) is 2.07. The average Bonchev–Trinajstić information content (AvgIpc) is 2.48. The van der Waals surface area contributed by atoms with Crippen molar-refractivity contribution in [1.82, 2.24) is 0 Å². The summed E-state index contributed by atoms with van der Waals surface area (Å²) in [4.78, 5) is 0. The predicted octanol–water partition coefficient (Wildman–Crippen LogP) is 5.10. The molecule has 4 bridgehead atoms. The van der Waals surface area contributed by atoms with Crippen LogP contribution in [0.4, 0.5) is 0 Å². The van der Waals surface area contributed by atoms with E-state index >= 15 is 0 Å². The van der Waals surface area contributed by atoms with Crippen LogP contribution in [-0.4, -0.2) is 10.2 Å². The van der Waals surface area contributed by atoms with E-state index in [1.54, 1.807) is 6.07 Å². The molecule has 120 valence electrons. The van der Waals surface area contributed by atoms with Gasteiger partial charge >= 0.3 is 0 Å². The number of fused-ring (bicyclic) bond motifs is 1. The molecule has 0 unspecified atom stereocenters. The summed E-state index contributed by atoms with van der Waals surface area (Å²) in [6.45, 7) is 1.93. The van der Waals surface area contributed by atoms with Crippen molar-refractivity contribution >= 4 is 10.8 Å². The fourth-order valence-corrected chi connectivity index (χ4v) is 6.16. The van der Waals surface area contributed by atoms with E-state index in [1.807, 2.05) is 19.1 Å². The van der Waals surface area contributed by atoms with Crippen molar-refractivity contribution in [3.05, 3.63) is 35.4 Å². The van der Waals surface area contributed by atoms with Gasteiger partial charge < -0.3 is 10.2 Å². The first-order chi connectivity index (χ1) is 11.1. The third-order valence-electron chi connectivity index (χ3n) is 6.89. The Morgan fingerprint density at radius 1 is 0.739 bits per heavy atom. The smallest absolute Gasteiger partial charge is 0.119 e. The Hall–Kier alpha value is -1.70. The van der Waals surface area contributed by atoms with E-state index in [0.717, 1.165) is 45.6 Å². The van der Waals surface area contributed by atoms with Crippen LogP contribution in [0.25, 0.3) is 10.8 Å². The molecule has 2 N–H and O–H groups in total. The minimum Gasteiger partial charge on any atom is -0.508 e. The Bertz CT molecular complexity index is 764. The molecule has 0 amide bonds. The summed E-state index contributed by atoms with van der Waals surface area (Å²) >= 11 is 0. The van der Waals surface area contributed by atoms with E-state index in [9.17, 15) is 10.2 Å². The van der Waals surface area contributed by atoms with Gasteiger partial charge in [0, 0.05) is 0 Å². The van der Waals surface area contributed by atoms with Crippen molar-refractivity contribution in [1.29, 1.82) is 0 Å². The molecule has 0 heterocycles. The first-order valence-electron chi connectivity index (χ1n) is 9.04. The van der Waals surface area contributed by atoms with Gasteiger partial charge in [-0.3, -0.25) is 0 Å². The molecular formula is C21H24O2. The van der Waals surface area contributed by atoms with Gasteiger partial charge in [0.05, 0.1) is 0 Å². The van der Waals surface area contributed by atoms with Gasteiger partial charge in [0.15, 0.2) is 0 Å². The van der Waals surface area contributed by atoms with Crippen LogP contribution in [0, 0.1) is 30.6 Å². The minimum absolute atomic E-state index is 0.305. The quantitative estimate of drug-likeness (QED) is 0.769. The van der Waals surface area contributed by atoms with E-state index in [-0.39, 0.29) is 0 Å². The van der Waals surface area contributed by atoms with Gasteiger partial charge in [0.1, 0.15) is 11.5 Å². The van der Waals surface area contributed by atoms with E-state index in [2.05, 4.69) is 6.07 Å². The standard InChI is InChI=1S/C21H24O2/c1-11-2-14-8-18(20(23)10-15(14)9-19(11)22)21-16-4-12-3-13(6-16)7-17(21)5-12/h2,8-10,12-13,16-17,21-23H,3-7H2,1H3. The van der Waals surface area contributed by atoms with Crippen LogP contribution in [-0.2, 0) is 0 Å². The molecule has 2 heteroatoms. The van der Waals surface area contributed by atoms with E-state index in [1.165, 1.54) is 32.1 Å². The monoisotopic (exact) mass is 308 g/mol. The molecule has 0 radical (unpaired) electrons. The third kappa shape index (κ3) is 2.00. The zero-order chi connectivity index (χ0) is 15.7. The summed E-state index contributed by atoms with van der Waals surface area (Å²) in [5, 5.41) is 22.7. The molecule has 23 heavy (non-hydrogen) atoms. The highest BCUT2D eigenvalue weighted by molar-refractivity contribution is 5.87. The van der Waals surface area contributed by atoms with Crippen LogP contribution in [0.2, 0.25) is 0 Å². The number of aryl methyl sites for hydroxylation is 1. The predicted molar refractivity (Wildman–Crippen MR) is 91.8 cm³/mol. The lowest BCUT2D eigenvalue weighted by Gasteiger charge is -2.54. The minimum atomic E-state index is 0.305. The molecule has 0 aromatic heterocycles. The summed E-state index contributed by atoms with van der Waals surface area (Å²) < 4.78 is 0. The Morgan fingerprint density at radius 3 is 1.96 bits per heavy atom. The largest absolute Gasteiger partial charge is 0.508 e. The first kappa shape index (κ1) is 13.7. The van der Waals surface area contributed by atoms with Crippen molar-refractivity contribution in [3.8, 4) is 11.5 Å². The topological polar surface area (TPSA) is 40.5 Å². The normalized spacial score (nSPS) is 35.1. The highest BCUT2D eigenvalue weighted by atomic mass is 16.3. The van der Waals surface area contributed by atoms with Crippen molar-refractivity contribution in [3.63, 3.8) is 0 Å². The number of benzene rings is 2. The first-order valence-corrected chi connectivity index (χ1v) is 9.04. The van der Waals surface area contributed by atoms with E-state index in [4.69, 9.17) is 0 Å². The van der Waals surface area contributed by atoms with E-state index < -0.39 is 0 Å². The lowest BCUT2D eigenvalue weighted by molar-refractivity contribution is -0.00342. The molecule has 2 aromatic carbocycles. The maximum absolute atomic E-state index is 10.7. The SMILES string of the molecule is Cc1cc2cc(C3C4CC5CC(C4)CC3C5)c(O)cc2cc1O. The zero-order valence-corrected chi connectivity index (χ0v) is 13.6. The van der Waals surface area contributed by atoms with Gasteiger partial charge in [0.25, 0.3) is 0 Å². The number of aromatic hydroxyl groups is 2. The molecule has 0 atom stereocenters. The summed E-state index contributed by atoms with van der Waals surface area (Å²) in [6.07, 6.45) is 6.92. The van der Waals surface area contributed by atoms with Crippen molar-refractivity contribution < 1.29 is 10.2 Å². The molecule has 4 aliphatic carbocycles. The van der Waals surface area contributed by atoms with Crippen LogP contribution in [0.15, 0.2) is 24.3 Å². The van der Waals surface area contributed by atoms with Crippen molar-refractivity contribution in [2.24, 2.45) is 23.7 Å². The molecule has 0 aliphatic heterocycles. The Labute approximate surface area is 137 Å². The third-order valence-corrected chi connectivity index (χ3v) is 6.89. The molecule has 4 saturated carbocycles. The summed E-state index contributed by atoms with van der Waals surface area (Å²) in [7, 11) is 0. The molecule has 0 saturated heterocycles. The average molecular weight is 308 g/mol. The van der Waals surface area contributed by atoms with Gasteiger partial charge in [-0.1, -0.05) is 0 Å². The number of rotatable bonds is 1. The Morgan fingerprint density at radius 2 is 1.30 bits per heavy atom. The second-order valence-corrected chi connectivity index (χ2v) is 8.35. The van der Waals surface area contributed by atoms with Gasteiger partial charge in [-0.25, -0.2) is 0 Å². The summed E-state index contributed by atoms with van der Waals surface area (Å²) in [6, 6.07) is 7.87. The van der Waals surface area contributed by atoms with Crippen LogP contribution in [0.1, 0.15) is 49.1 Å². The number of hydrogen-bond acceptors (Lipinski definition) is 2. The van der Waals surface area contributed by atoms with Crippen LogP contribution in [0.5, 0.6) is 11.5 Å². The molecule has 2 aromatic rings. The van der Waals surface area contributed by atoms with Gasteiger partial charge in [0.2, 0.25) is 0 Å². The van der Waals surface area contributed by atoms with Crippen LogP contribution in [0.3, 0.4) is 0 Å². The second kappa shape index (κ2) is 4.66. The fraction of sp³-hybridized carbons (Fsp3) is 0.524. The highest BCUT2D eigenvalue weighted by Gasteiger charge is 2.49. The van der Waals surface area contributed by atoms with Crippen LogP contribution < -0.4 is 0 Å². The maximum atomic E-state index is 10.7. The summed E-state index contributed by atoms with van der Waals surface area (Å²) in [5.74, 6) is 4.73. The van der Waals surface area contributed by atoms with E-state index in [0.29, 0.717) is 17.4 Å². The van der Waals surface area contributed by atoms with Crippen LogP contribution >= 0.6 is 0 Å². The zero-order valence-electron chi connectivity index (χ0n) is 13.6. The lowest BCUT2D eigenvalue weighted by Crippen LogP contribution is -2.43. The van der Waals surface area contributed by atoms with Gasteiger partial charge in [-0.05, 0) is 115 Å². The molecule has 0 spiro atoms. The van der Waals surface area contributed by atoms with Gasteiger partial charge in [-0.2, -0.15) is 0 Å². The molecule has 2 nitrogen and oxygen atoms in total. The Balaban J connectivity index is 1.62. The van der Waals surface area contributed by atoms with Crippen molar-refractivity contribution in [2.75, 3.05) is 0 Å². The molecular weight excluding hydrogens is 284 g/mol. The number of phenolic OH excluding ortho intramolecular Hbond substituents is 2. The molecule has 4 aliphatic rings. The Kier molecular flexibility index (Phi) is 2.78. The van der Waals surface area contributed by atoms with Crippen molar-refractivity contribution in [2.45, 2.75) is 44.9 Å². The molecule has 4 fully saturated rings. The highest BCUT2D eigenvalue weighted by Crippen LogP contribution is 2.60. The number of phenols is 2. The second-order valence-electron chi connectivity index (χ2n) is 8.35. The molecule has 6 rings (SSSR count). The number of hydrogen-bond donors (Lipinski definition) is 2. The van der Waals surface area contributed by atoms with Gasteiger partial charge in [-0.15, -0.1) is 0 Å². The maximum Gasteiger partial charge on any atom is 0.119 e.